The number of hydrogen-bond acceptors (Lipinski definition) is 5. The van der Waals surface area contributed by atoms with E-state index in [0.29, 0.717) is 48.7 Å². The lowest BCUT2D eigenvalue weighted by Gasteiger charge is -2.09. The molecule has 0 radical (unpaired) electrons. The minimum Gasteiger partial charge on any atom is -0.458 e. The summed E-state index contributed by atoms with van der Waals surface area (Å²) in [6.45, 7) is 8.47. The Hall–Kier alpha value is -1.78. The minimum absolute atomic E-state index is 0.272. The molecule has 5 nitrogen and oxygen atoms in total. The van der Waals surface area contributed by atoms with E-state index in [9.17, 15) is 9.59 Å². The van der Waals surface area contributed by atoms with Gasteiger partial charge in [-0.15, -0.1) is 0 Å². The fourth-order valence-electron chi connectivity index (χ4n) is 6.42. The van der Waals surface area contributed by atoms with Gasteiger partial charge in [0.15, 0.2) is 11.5 Å². The van der Waals surface area contributed by atoms with Crippen LogP contribution in [0, 0.1) is 0 Å². The fourth-order valence-corrected chi connectivity index (χ4v) is 6.42. The average molecular weight is 661 g/mol. The van der Waals surface area contributed by atoms with Gasteiger partial charge in [0.1, 0.15) is 0 Å². The molecule has 1 rings (SSSR count). The van der Waals surface area contributed by atoms with Crippen LogP contribution in [-0.2, 0) is 22.4 Å². The van der Waals surface area contributed by atoms with E-state index in [1.165, 1.54) is 141 Å². The van der Waals surface area contributed by atoms with Gasteiger partial charge < -0.3 is 13.9 Å². The van der Waals surface area contributed by atoms with E-state index in [1.54, 1.807) is 0 Å². The Labute approximate surface area is 291 Å². The SMILES string of the molecule is CCCCCCCCCCCCCCCCC(=O)Oc1c(CC)oc(CC)c1OC(=O)CCCCCCCCCCCCCCCC. The topological polar surface area (TPSA) is 65.7 Å². The molecule has 274 valence electrons. The molecule has 0 aliphatic carbocycles. The molecule has 0 saturated carbocycles. The number of unbranched alkanes of at least 4 members (excludes halogenated alkanes) is 26. The quantitative estimate of drug-likeness (QED) is 0.0543. The van der Waals surface area contributed by atoms with E-state index >= 15 is 0 Å². The van der Waals surface area contributed by atoms with Crippen molar-refractivity contribution in [2.45, 2.75) is 233 Å². The minimum atomic E-state index is -0.272. The van der Waals surface area contributed by atoms with Crippen molar-refractivity contribution in [1.29, 1.82) is 0 Å². The van der Waals surface area contributed by atoms with E-state index in [0.717, 1.165) is 38.5 Å². The van der Waals surface area contributed by atoms with Crippen molar-refractivity contribution in [3.8, 4) is 11.5 Å². The lowest BCUT2D eigenvalue weighted by Crippen LogP contribution is -2.12. The first-order valence-corrected chi connectivity index (χ1v) is 20.6. The van der Waals surface area contributed by atoms with Gasteiger partial charge in [0.05, 0.1) is 0 Å². The summed E-state index contributed by atoms with van der Waals surface area (Å²) in [5, 5.41) is 0. The van der Waals surface area contributed by atoms with Gasteiger partial charge in [-0.2, -0.15) is 0 Å². The van der Waals surface area contributed by atoms with E-state index in [4.69, 9.17) is 13.9 Å². The Bertz CT molecular complexity index is 804. The first-order valence-electron chi connectivity index (χ1n) is 20.6. The largest absolute Gasteiger partial charge is 0.458 e. The molecule has 5 heteroatoms. The van der Waals surface area contributed by atoms with Crippen LogP contribution in [-0.4, -0.2) is 11.9 Å². The summed E-state index contributed by atoms with van der Waals surface area (Å²) in [7, 11) is 0. The van der Waals surface area contributed by atoms with Gasteiger partial charge in [-0.1, -0.05) is 195 Å². The Morgan fingerprint density at radius 2 is 0.617 bits per heavy atom. The molecule has 0 amide bonds. The number of ether oxygens (including phenoxy) is 2. The molecule has 0 aliphatic heterocycles. The van der Waals surface area contributed by atoms with Crippen molar-refractivity contribution in [2.24, 2.45) is 0 Å². The monoisotopic (exact) mass is 661 g/mol. The summed E-state index contributed by atoms with van der Waals surface area (Å²) in [4.78, 5) is 25.5. The third kappa shape index (κ3) is 23.3. The molecule has 1 aromatic rings. The van der Waals surface area contributed by atoms with Gasteiger partial charge >= 0.3 is 11.9 Å². The molecular formula is C42H76O5. The highest BCUT2D eigenvalue weighted by Crippen LogP contribution is 2.39. The molecule has 0 saturated heterocycles. The zero-order chi connectivity index (χ0) is 34.2. The molecular weight excluding hydrogens is 584 g/mol. The second-order valence-electron chi connectivity index (χ2n) is 14.0. The Kier molecular flexibility index (Phi) is 29.0. The van der Waals surface area contributed by atoms with E-state index in [1.807, 2.05) is 13.8 Å². The van der Waals surface area contributed by atoms with Crippen LogP contribution in [0.25, 0.3) is 0 Å². The van der Waals surface area contributed by atoms with E-state index in [-0.39, 0.29) is 11.9 Å². The molecule has 0 spiro atoms. The number of rotatable bonds is 34. The zero-order valence-corrected chi connectivity index (χ0v) is 31.7. The van der Waals surface area contributed by atoms with Crippen LogP contribution < -0.4 is 9.47 Å². The maximum Gasteiger partial charge on any atom is 0.311 e. The molecule has 0 N–H and O–H groups in total. The summed E-state index contributed by atoms with van der Waals surface area (Å²) in [6, 6.07) is 0. The molecule has 0 fully saturated rings. The molecule has 0 aliphatic rings. The van der Waals surface area contributed by atoms with Crippen molar-refractivity contribution in [3.05, 3.63) is 11.5 Å². The second-order valence-corrected chi connectivity index (χ2v) is 14.0. The summed E-state index contributed by atoms with van der Waals surface area (Å²) < 4.78 is 17.5. The highest BCUT2D eigenvalue weighted by Gasteiger charge is 2.25. The maximum absolute atomic E-state index is 12.7. The molecule has 0 bridgehead atoms. The lowest BCUT2D eigenvalue weighted by molar-refractivity contribution is -0.137. The number of carbonyl (C=O) groups excluding carboxylic acids is 2. The number of carbonyl (C=O) groups is 2. The molecule has 0 unspecified atom stereocenters. The smallest absolute Gasteiger partial charge is 0.311 e. The van der Waals surface area contributed by atoms with Gasteiger partial charge in [0.25, 0.3) is 0 Å². The first kappa shape index (κ1) is 43.2. The van der Waals surface area contributed by atoms with Gasteiger partial charge in [0, 0.05) is 25.7 Å². The average Bonchev–Trinajstić information content (AvgIpc) is 3.40. The van der Waals surface area contributed by atoms with Gasteiger partial charge in [0.2, 0.25) is 11.5 Å². The molecule has 1 heterocycles. The Morgan fingerprint density at radius 1 is 0.383 bits per heavy atom. The van der Waals surface area contributed by atoms with Crippen molar-refractivity contribution in [3.63, 3.8) is 0 Å². The van der Waals surface area contributed by atoms with E-state index < -0.39 is 0 Å². The molecule has 1 aromatic heterocycles. The highest BCUT2D eigenvalue weighted by molar-refractivity contribution is 5.77. The third-order valence-electron chi connectivity index (χ3n) is 9.50. The summed E-state index contributed by atoms with van der Waals surface area (Å²) in [5.41, 5.74) is 0. The predicted molar refractivity (Wildman–Crippen MR) is 199 cm³/mol. The molecule has 0 atom stereocenters. The van der Waals surface area contributed by atoms with Crippen LogP contribution in [0.3, 0.4) is 0 Å². The standard InChI is InChI=1S/C42H76O5/c1-5-9-11-13-15-17-19-21-23-25-27-29-31-33-35-39(43)46-41-37(7-3)45-38(8-4)42(41)47-40(44)36-34-32-30-28-26-24-22-20-18-16-14-12-10-6-2/h5-36H2,1-4H3. The Morgan fingerprint density at radius 3 is 0.851 bits per heavy atom. The van der Waals surface area contributed by atoms with Crippen LogP contribution in [0.5, 0.6) is 11.5 Å². The number of esters is 2. The summed E-state index contributed by atoms with van der Waals surface area (Å²) >= 11 is 0. The van der Waals surface area contributed by atoms with Crippen LogP contribution in [0.2, 0.25) is 0 Å². The molecule has 47 heavy (non-hydrogen) atoms. The van der Waals surface area contributed by atoms with Crippen LogP contribution in [0.4, 0.5) is 0 Å². The van der Waals surface area contributed by atoms with Gasteiger partial charge in [-0.05, 0) is 12.8 Å². The summed E-state index contributed by atoms with van der Waals surface area (Å²) in [5.74, 6) is 1.24. The maximum atomic E-state index is 12.7. The van der Waals surface area contributed by atoms with Gasteiger partial charge in [-0.25, -0.2) is 0 Å². The van der Waals surface area contributed by atoms with E-state index in [2.05, 4.69) is 13.8 Å². The van der Waals surface area contributed by atoms with Crippen LogP contribution >= 0.6 is 0 Å². The predicted octanol–water partition coefficient (Wildman–Crippen LogP) is 14.0. The summed E-state index contributed by atoms with van der Waals surface area (Å²) in [6.07, 6.45) is 37.8. The third-order valence-corrected chi connectivity index (χ3v) is 9.50. The number of furan rings is 1. The second kappa shape index (κ2) is 31.5. The van der Waals surface area contributed by atoms with Crippen LogP contribution in [0.1, 0.15) is 232 Å². The number of hydrogen-bond donors (Lipinski definition) is 0. The Balaban J connectivity index is 2.22. The lowest BCUT2D eigenvalue weighted by atomic mass is 10.0. The van der Waals surface area contributed by atoms with Crippen LogP contribution in [0.15, 0.2) is 4.42 Å². The molecule has 0 aromatic carbocycles. The highest BCUT2D eigenvalue weighted by atomic mass is 16.6. The van der Waals surface area contributed by atoms with Crippen molar-refractivity contribution in [1.82, 2.24) is 0 Å². The van der Waals surface area contributed by atoms with Crippen molar-refractivity contribution >= 4 is 11.9 Å². The van der Waals surface area contributed by atoms with Crippen molar-refractivity contribution < 1.29 is 23.5 Å². The fraction of sp³-hybridized carbons (Fsp3) is 0.857. The number of aryl methyl sites for hydroxylation is 2. The zero-order valence-electron chi connectivity index (χ0n) is 31.7. The van der Waals surface area contributed by atoms with Gasteiger partial charge in [-0.3, -0.25) is 9.59 Å². The van der Waals surface area contributed by atoms with Crippen molar-refractivity contribution in [2.75, 3.05) is 0 Å². The normalized spacial score (nSPS) is 11.3. The first-order chi connectivity index (χ1) is 23.1.